The first-order valence-corrected chi connectivity index (χ1v) is 31.2. The van der Waals surface area contributed by atoms with Crippen LogP contribution >= 0.6 is 7.82 Å². The van der Waals surface area contributed by atoms with Gasteiger partial charge in [-0.2, -0.15) is 0 Å². The van der Waals surface area contributed by atoms with Crippen LogP contribution in [0.5, 0.6) is 0 Å². The molecule has 69 heavy (non-hydrogen) atoms. The quantitative estimate of drug-likeness (QED) is 0.0205. The highest BCUT2D eigenvalue weighted by atomic mass is 31.2. The Kier molecular flexibility index (Phi) is 48.9. The Bertz CT molecular complexity index is 1240. The van der Waals surface area contributed by atoms with Crippen LogP contribution in [0.1, 0.15) is 290 Å². The second kappa shape index (κ2) is 50.0. The molecule has 0 fully saturated rings. The molecule has 408 valence electrons. The van der Waals surface area contributed by atoms with Gasteiger partial charge in [-0.15, -0.1) is 0 Å². The van der Waals surface area contributed by atoms with Gasteiger partial charge in [0.15, 0.2) is 0 Å². The van der Waals surface area contributed by atoms with Gasteiger partial charge in [0, 0.05) is 12.8 Å². The molecular weight excluding hydrogens is 880 g/mol. The van der Waals surface area contributed by atoms with E-state index in [0.29, 0.717) is 23.9 Å². The molecule has 0 aliphatic rings. The van der Waals surface area contributed by atoms with E-state index >= 15 is 0 Å². The zero-order chi connectivity index (χ0) is 50.8. The fraction of sp³-hybridized carbons (Fsp3) is 0.898. The second-order valence-electron chi connectivity index (χ2n) is 21.5. The fourth-order valence-corrected chi connectivity index (χ4v) is 9.50. The fourth-order valence-electron chi connectivity index (χ4n) is 8.76. The van der Waals surface area contributed by atoms with Crippen LogP contribution in [0.4, 0.5) is 0 Å². The summed E-state index contributed by atoms with van der Waals surface area (Å²) >= 11 is 0. The van der Waals surface area contributed by atoms with Crippen molar-refractivity contribution in [1.29, 1.82) is 0 Å². The van der Waals surface area contributed by atoms with Crippen LogP contribution in [-0.2, 0) is 27.9 Å². The molecule has 0 bridgehead atoms. The number of amides is 1. The Hall–Kier alpha value is -1.51. The van der Waals surface area contributed by atoms with Gasteiger partial charge >= 0.3 is 13.8 Å². The number of ether oxygens (including phenoxy) is 1. The number of carbonyl (C=O) groups is 2. The molecule has 0 rings (SSSR count). The van der Waals surface area contributed by atoms with Crippen LogP contribution in [0.25, 0.3) is 0 Å². The normalized spacial score (nSPS) is 13.9. The molecular formula is C59H116N2O7P+. The zero-order valence-electron chi connectivity index (χ0n) is 46.6. The lowest BCUT2D eigenvalue weighted by Gasteiger charge is -2.27. The molecule has 0 heterocycles. The molecule has 3 atom stereocenters. The van der Waals surface area contributed by atoms with Gasteiger partial charge in [-0.25, -0.2) is 4.57 Å². The van der Waals surface area contributed by atoms with Crippen LogP contribution in [0, 0.1) is 0 Å². The second-order valence-corrected chi connectivity index (χ2v) is 23.0. The van der Waals surface area contributed by atoms with Crippen LogP contribution in [0.3, 0.4) is 0 Å². The predicted molar refractivity (Wildman–Crippen MR) is 296 cm³/mol. The summed E-state index contributed by atoms with van der Waals surface area (Å²) in [5.41, 5.74) is 0. The molecule has 10 heteroatoms. The number of rotatable bonds is 54. The smallest absolute Gasteiger partial charge is 0.456 e. The summed E-state index contributed by atoms with van der Waals surface area (Å²) in [4.78, 5) is 37.6. The third kappa shape index (κ3) is 51.2. The minimum Gasteiger partial charge on any atom is -0.456 e. The average molecular weight is 997 g/mol. The summed E-state index contributed by atoms with van der Waals surface area (Å²) < 4.78 is 30.6. The number of likely N-dealkylation sites (N-methyl/N-ethyl adjacent to an activating group) is 1. The van der Waals surface area contributed by atoms with E-state index in [9.17, 15) is 19.0 Å². The maximum atomic E-state index is 13.5. The highest BCUT2D eigenvalue weighted by Crippen LogP contribution is 2.43. The molecule has 0 radical (unpaired) electrons. The molecule has 0 saturated heterocycles. The Morgan fingerprint density at radius 1 is 0.493 bits per heavy atom. The summed E-state index contributed by atoms with van der Waals surface area (Å²) in [6, 6.07) is -0.843. The van der Waals surface area contributed by atoms with Crippen LogP contribution in [0.15, 0.2) is 24.3 Å². The number of unbranched alkanes of at least 4 members (excludes halogenated alkanes) is 36. The molecule has 0 saturated carbocycles. The van der Waals surface area contributed by atoms with Gasteiger partial charge < -0.3 is 19.4 Å². The monoisotopic (exact) mass is 996 g/mol. The number of phosphoric ester groups is 1. The molecule has 0 aromatic carbocycles. The molecule has 9 nitrogen and oxygen atoms in total. The number of phosphoric acid groups is 1. The topological polar surface area (TPSA) is 111 Å². The first kappa shape index (κ1) is 67.5. The van der Waals surface area contributed by atoms with Crippen molar-refractivity contribution in [3.8, 4) is 0 Å². The van der Waals surface area contributed by atoms with Crippen LogP contribution in [-0.4, -0.2) is 74.3 Å². The van der Waals surface area contributed by atoms with Gasteiger partial charge in [-0.3, -0.25) is 18.6 Å². The van der Waals surface area contributed by atoms with E-state index in [0.717, 1.165) is 57.8 Å². The van der Waals surface area contributed by atoms with Gasteiger partial charge in [0.1, 0.15) is 19.3 Å². The van der Waals surface area contributed by atoms with E-state index in [1.807, 2.05) is 33.3 Å². The summed E-state index contributed by atoms with van der Waals surface area (Å²) in [5.74, 6) is -0.497. The molecule has 1 amide bonds. The number of allylic oxidation sites excluding steroid dienone is 3. The third-order valence-electron chi connectivity index (χ3n) is 13.4. The number of carbonyl (C=O) groups excluding carboxylic acids is 2. The van der Waals surface area contributed by atoms with Crippen molar-refractivity contribution in [1.82, 2.24) is 5.32 Å². The summed E-state index contributed by atoms with van der Waals surface area (Å²) in [5, 5.41) is 3.05. The van der Waals surface area contributed by atoms with E-state index in [1.54, 1.807) is 0 Å². The maximum Gasteiger partial charge on any atom is 0.472 e. The standard InChI is InChI=1S/C59H115N2O7P/c1-7-10-13-16-19-22-25-28-30-31-32-33-36-39-42-45-48-51-58(62)60-56(55-67-69(64,65)66-54-53-61(4,5)6)57(50-47-44-41-38-35-27-24-21-18-15-12-9-3)68-59(63)52-49-46-43-40-37-34-29-26-23-20-17-14-11-8-2/h28,30,47,50,56-57H,7-27,29,31-46,48-49,51-55H2,1-6H3,(H-,60,62,64,65)/p+1/b30-28+,50-47+. The highest BCUT2D eigenvalue weighted by molar-refractivity contribution is 7.47. The SMILES string of the molecule is CCCCCCCC/C=C/CCCCCCCCCC(=O)NC(COP(=O)(O)OCC[N+](C)(C)C)C(/C=C/CCCCCCCCCCCC)OC(=O)CCCCCCCCCCCCCCCC. The van der Waals surface area contributed by atoms with E-state index in [4.69, 9.17) is 13.8 Å². The number of nitrogens with one attached hydrogen (secondary N) is 1. The van der Waals surface area contributed by atoms with E-state index in [1.165, 1.54) is 199 Å². The van der Waals surface area contributed by atoms with Gasteiger partial charge in [0.2, 0.25) is 5.91 Å². The lowest BCUT2D eigenvalue weighted by Crippen LogP contribution is -2.47. The molecule has 0 aromatic heterocycles. The summed E-state index contributed by atoms with van der Waals surface area (Å²) in [7, 11) is 1.51. The number of hydrogen-bond donors (Lipinski definition) is 2. The summed E-state index contributed by atoms with van der Waals surface area (Å²) in [6.07, 6.45) is 57.3. The lowest BCUT2D eigenvalue weighted by molar-refractivity contribution is -0.870. The van der Waals surface area contributed by atoms with E-state index in [-0.39, 0.29) is 25.1 Å². The highest BCUT2D eigenvalue weighted by Gasteiger charge is 2.30. The Morgan fingerprint density at radius 2 is 0.841 bits per heavy atom. The number of hydrogen-bond acceptors (Lipinski definition) is 6. The molecule has 0 spiro atoms. The van der Waals surface area contributed by atoms with Crippen molar-refractivity contribution in [2.45, 2.75) is 303 Å². The van der Waals surface area contributed by atoms with Crippen LogP contribution in [0.2, 0.25) is 0 Å². The minimum absolute atomic E-state index is 0.0427. The number of quaternary nitrogens is 1. The first-order valence-electron chi connectivity index (χ1n) is 29.7. The van der Waals surface area contributed by atoms with Gasteiger partial charge in [-0.05, 0) is 57.4 Å². The van der Waals surface area contributed by atoms with E-state index in [2.05, 4.69) is 38.2 Å². The van der Waals surface area contributed by atoms with Crippen molar-refractivity contribution in [3.63, 3.8) is 0 Å². The largest absolute Gasteiger partial charge is 0.472 e. The van der Waals surface area contributed by atoms with Gasteiger partial charge in [-0.1, -0.05) is 244 Å². The zero-order valence-corrected chi connectivity index (χ0v) is 47.5. The van der Waals surface area contributed by atoms with Crippen LogP contribution < -0.4 is 5.32 Å². The Balaban J connectivity index is 5.30. The Labute approximate surface area is 428 Å². The lowest BCUT2D eigenvalue weighted by atomic mass is 10.0. The predicted octanol–water partition coefficient (Wildman–Crippen LogP) is 17.8. The molecule has 0 aliphatic carbocycles. The Morgan fingerprint density at radius 3 is 1.23 bits per heavy atom. The van der Waals surface area contributed by atoms with Crippen molar-refractivity contribution >= 4 is 19.7 Å². The minimum atomic E-state index is -4.44. The number of nitrogens with zero attached hydrogens (tertiary/aromatic N) is 1. The molecule has 0 aromatic rings. The maximum absolute atomic E-state index is 13.5. The van der Waals surface area contributed by atoms with Crippen molar-refractivity contribution in [3.05, 3.63) is 24.3 Å². The number of esters is 1. The molecule has 2 N–H and O–H groups in total. The van der Waals surface area contributed by atoms with Crippen molar-refractivity contribution in [2.75, 3.05) is 40.9 Å². The van der Waals surface area contributed by atoms with Gasteiger partial charge in [0.25, 0.3) is 0 Å². The first-order chi connectivity index (χ1) is 33.4. The van der Waals surface area contributed by atoms with Crippen molar-refractivity contribution in [2.24, 2.45) is 0 Å². The van der Waals surface area contributed by atoms with Crippen molar-refractivity contribution < 1.29 is 37.3 Å². The summed E-state index contributed by atoms with van der Waals surface area (Å²) in [6.45, 7) is 7.03. The molecule has 0 aliphatic heterocycles. The average Bonchev–Trinajstić information content (AvgIpc) is 3.31. The van der Waals surface area contributed by atoms with Gasteiger partial charge in [0.05, 0.1) is 33.8 Å². The third-order valence-corrected chi connectivity index (χ3v) is 14.4. The molecule has 3 unspecified atom stereocenters. The van der Waals surface area contributed by atoms with E-state index < -0.39 is 20.0 Å².